The van der Waals surface area contributed by atoms with E-state index in [9.17, 15) is 4.79 Å². The molecule has 0 unspecified atom stereocenters. The molecule has 132 valence electrons. The molecule has 4 rings (SSSR count). The molecule has 26 heavy (non-hydrogen) atoms. The Balaban J connectivity index is 1.78. The van der Waals surface area contributed by atoms with Crippen molar-refractivity contribution in [1.82, 2.24) is 4.98 Å². The number of morpholine rings is 1. The van der Waals surface area contributed by atoms with Crippen LogP contribution in [0.3, 0.4) is 0 Å². The van der Waals surface area contributed by atoms with E-state index in [2.05, 4.69) is 24.0 Å². The monoisotopic (exact) mass is 364 g/mol. The van der Waals surface area contributed by atoms with E-state index in [0.717, 1.165) is 29.5 Å². The number of carbonyl (C=O) groups excluding carboxylic acids is 1. The van der Waals surface area contributed by atoms with Crippen LogP contribution in [0.15, 0.2) is 54.6 Å². The molecule has 0 N–H and O–H groups in total. The van der Waals surface area contributed by atoms with E-state index in [0.29, 0.717) is 23.7 Å². The number of carbonyl (C=O) groups is 1. The number of ketones is 1. The number of rotatable bonds is 4. The molecule has 1 saturated heterocycles. The van der Waals surface area contributed by atoms with Crippen LogP contribution in [0.2, 0.25) is 0 Å². The molecule has 0 atom stereocenters. The molecular formula is C21H20N2O2S. The van der Waals surface area contributed by atoms with Gasteiger partial charge in [-0.15, -0.1) is 0 Å². The number of aryl methyl sites for hydroxylation is 1. The van der Waals surface area contributed by atoms with E-state index in [-0.39, 0.29) is 5.78 Å². The number of benzene rings is 2. The van der Waals surface area contributed by atoms with Gasteiger partial charge in [-0.1, -0.05) is 71.5 Å². The second-order valence-corrected chi connectivity index (χ2v) is 7.31. The van der Waals surface area contributed by atoms with Crippen LogP contribution in [0.1, 0.15) is 20.8 Å². The quantitative estimate of drug-likeness (QED) is 0.651. The molecule has 0 amide bonds. The van der Waals surface area contributed by atoms with Crippen LogP contribution in [0.5, 0.6) is 0 Å². The Morgan fingerprint density at radius 3 is 2.42 bits per heavy atom. The van der Waals surface area contributed by atoms with Crippen LogP contribution in [-0.4, -0.2) is 37.1 Å². The number of aromatic nitrogens is 1. The topological polar surface area (TPSA) is 42.4 Å². The molecule has 0 bridgehead atoms. The number of hydrogen-bond acceptors (Lipinski definition) is 5. The lowest BCUT2D eigenvalue weighted by Crippen LogP contribution is -2.36. The predicted octanol–water partition coefficient (Wildman–Crippen LogP) is 4.19. The Morgan fingerprint density at radius 2 is 1.73 bits per heavy atom. The summed E-state index contributed by atoms with van der Waals surface area (Å²) < 4.78 is 5.44. The van der Waals surface area contributed by atoms with Gasteiger partial charge in [-0.05, 0) is 6.92 Å². The molecule has 0 saturated carbocycles. The zero-order valence-corrected chi connectivity index (χ0v) is 15.5. The molecule has 0 spiro atoms. The van der Waals surface area contributed by atoms with E-state index in [4.69, 9.17) is 9.72 Å². The van der Waals surface area contributed by atoms with E-state index in [1.165, 1.54) is 16.9 Å². The Labute approximate surface area is 157 Å². The predicted molar refractivity (Wildman–Crippen MR) is 105 cm³/mol. The first-order valence-electron chi connectivity index (χ1n) is 8.73. The lowest BCUT2D eigenvalue weighted by molar-refractivity contribution is 0.104. The highest BCUT2D eigenvalue weighted by atomic mass is 32.1. The molecule has 2 aromatic carbocycles. The minimum Gasteiger partial charge on any atom is -0.378 e. The molecule has 5 heteroatoms. The maximum Gasteiger partial charge on any atom is 0.205 e. The van der Waals surface area contributed by atoms with Gasteiger partial charge in [-0.2, -0.15) is 0 Å². The molecule has 1 aliphatic heterocycles. The zero-order chi connectivity index (χ0) is 17.9. The average Bonchev–Trinajstić information content (AvgIpc) is 3.15. The van der Waals surface area contributed by atoms with Crippen molar-refractivity contribution in [2.24, 2.45) is 0 Å². The fourth-order valence-corrected chi connectivity index (χ4v) is 4.08. The number of ether oxygens (including phenoxy) is 1. The van der Waals surface area contributed by atoms with Gasteiger partial charge in [-0.3, -0.25) is 4.79 Å². The van der Waals surface area contributed by atoms with E-state index in [1.54, 1.807) is 0 Å². The maximum atomic E-state index is 13.1. The molecule has 1 aromatic heterocycles. The number of anilines is 1. The fraction of sp³-hybridized carbons (Fsp3) is 0.238. The Hall–Kier alpha value is -2.50. The van der Waals surface area contributed by atoms with Gasteiger partial charge in [0, 0.05) is 24.2 Å². The summed E-state index contributed by atoms with van der Waals surface area (Å²) in [6.07, 6.45) is 0. The van der Waals surface area contributed by atoms with Crippen LogP contribution >= 0.6 is 11.3 Å². The van der Waals surface area contributed by atoms with Gasteiger partial charge in [0.25, 0.3) is 0 Å². The van der Waals surface area contributed by atoms with Crippen molar-refractivity contribution in [1.29, 1.82) is 0 Å². The van der Waals surface area contributed by atoms with Crippen LogP contribution in [-0.2, 0) is 4.74 Å². The minimum absolute atomic E-state index is 0.0261. The summed E-state index contributed by atoms with van der Waals surface area (Å²) in [5.74, 6) is 0.0261. The van der Waals surface area contributed by atoms with Gasteiger partial charge in [0.2, 0.25) is 5.78 Å². The first-order chi connectivity index (χ1) is 12.7. The van der Waals surface area contributed by atoms with Crippen LogP contribution in [0.4, 0.5) is 5.13 Å². The van der Waals surface area contributed by atoms with Gasteiger partial charge in [0.1, 0.15) is 4.88 Å². The number of thiazole rings is 1. The Kier molecular flexibility index (Phi) is 4.82. The SMILES string of the molecule is Cc1ccc(-c2nc(N3CCOCC3)sc2C(=O)c2ccccc2)cc1. The summed E-state index contributed by atoms with van der Waals surface area (Å²) in [5, 5.41) is 0.892. The van der Waals surface area contributed by atoms with Crippen LogP contribution in [0, 0.1) is 6.92 Å². The smallest absolute Gasteiger partial charge is 0.205 e. The van der Waals surface area contributed by atoms with Crippen molar-refractivity contribution in [3.05, 3.63) is 70.6 Å². The average molecular weight is 364 g/mol. The third-order valence-corrected chi connectivity index (χ3v) is 5.58. The summed E-state index contributed by atoms with van der Waals surface area (Å²) in [6.45, 7) is 5.06. The van der Waals surface area contributed by atoms with E-state index < -0.39 is 0 Å². The summed E-state index contributed by atoms with van der Waals surface area (Å²) in [4.78, 5) is 20.9. The van der Waals surface area contributed by atoms with Crippen molar-refractivity contribution in [2.75, 3.05) is 31.2 Å². The second-order valence-electron chi connectivity index (χ2n) is 6.33. The molecule has 4 nitrogen and oxygen atoms in total. The minimum atomic E-state index is 0.0261. The van der Waals surface area contributed by atoms with Gasteiger partial charge in [-0.25, -0.2) is 4.98 Å². The number of hydrogen-bond donors (Lipinski definition) is 0. The Bertz CT molecular complexity index is 898. The number of nitrogens with zero attached hydrogens (tertiary/aromatic N) is 2. The molecule has 0 radical (unpaired) electrons. The van der Waals surface area contributed by atoms with Crippen molar-refractivity contribution < 1.29 is 9.53 Å². The molecular weight excluding hydrogens is 344 g/mol. The lowest BCUT2D eigenvalue weighted by atomic mass is 10.0. The molecule has 1 aliphatic rings. The summed E-state index contributed by atoms with van der Waals surface area (Å²) in [5.41, 5.74) is 3.63. The van der Waals surface area contributed by atoms with Crippen molar-refractivity contribution >= 4 is 22.3 Å². The van der Waals surface area contributed by atoms with Gasteiger partial charge in [0.15, 0.2) is 5.13 Å². The van der Waals surface area contributed by atoms with Crippen molar-refractivity contribution in [3.63, 3.8) is 0 Å². The summed E-state index contributed by atoms with van der Waals surface area (Å²) in [6, 6.07) is 17.6. The normalized spacial score (nSPS) is 14.4. The first kappa shape index (κ1) is 16.9. The molecule has 3 aromatic rings. The fourth-order valence-electron chi connectivity index (χ4n) is 2.98. The molecule has 1 fully saturated rings. The third kappa shape index (κ3) is 3.41. The highest BCUT2D eigenvalue weighted by molar-refractivity contribution is 7.18. The van der Waals surface area contributed by atoms with Crippen molar-refractivity contribution in [3.8, 4) is 11.3 Å². The van der Waals surface area contributed by atoms with Crippen LogP contribution in [0.25, 0.3) is 11.3 Å². The van der Waals surface area contributed by atoms with Crippen molar-refractivity contribution in [2.45, 2.75) is 6.92 Å². The van der Waals surface area contributed by atoms with Crippen LogP contribution < -0.4 is 4.90 Å². The van der Waals surface area contributed by atoms with E-state index in [1.807, 2.05) is 42.5 Å². The van der Waals surface area contributed by atoms with Gasteiger partial charge >= 0.3 is 0 Å². The lowest BCUT2D eigenvalue weighted by Gasteiger charge is -2.26. The maximum absolute atomic E-state index is 13.1. The molecule has 0 aliphatic carbocycles. The summed E-state index contributed by atoms with van der Waals surface area (Å²) >= 11 is 1.48. The standard InChI is InChI=1S/C21H20N2O2S/c1-15-7-9-16(10-8-15)18-20(19(24)17-5-3-2-4-6-17)26-21(22-18)23-11-13-25-14-12-23/h2-10H,11-14H2,1H3. The third-order valence-electron chi connectivity index (χ3n) is 4.46. The largest absolute Gasteiger partial charge is 0.378 e. The zero-order valence-electron chi connectivity index (χ0n) is 14.6. The Morgan fingerprint density at radius 1 is 1.04 bits per heavy atom. The summed E-state index contributed by atoms with van der Waals surface area (Å²) in [7, 11) is 0. The van der Waals surface area contributed by atoms with E-state index >= 15 is 0 Å². The highest BCUT2D eigenvalue weighted by Gasteiger charge is 2.24. The highest BCUT2D eigenvalue weighted by Crippen LogP contribution is 2.35. The first-order valence-corrected chi connectivity index (χ1v) is 9.54. The second kappa shape index (κ2) is 7.40. The molecule has 2 heterocycles. The van der Waals surface area contributed by atoms with Gasteiger partial charge in [0.05, 0.1) is 18.9 Å². The van der Waals surface area contributed by atoms with Gasteiger partial charge < -0.3 is 9.64 Å².